The third-order valence-corrected chi connectivity index (χ3v) is 4.98. The van der Waals surface area contributed by atoms with Gasteiger partial charge in [0.25, 0.3) is 0 Å². The molecule has 0 saturated carbocycles. The van der Waals surface area contributed by atoms with Crippen molar-refractivity contribution in [2.75, 3.05) is 12.9 Å². The van der Waals surface area contributed by atoms with Gasteiger partial charge in [0.15, 0.2) is 28.3 Å². The molecule has 142 valence electrons. The third kappa shape index (κ3) is 3.39. The van der Waals surface area contributed by atoms with Gasteiger partial charge in [-0.25, -0.2) is 15.0 Å². The van der Waals surface area contributed by atoms with Crippen molar-refractivity contribution >= 4 is 40.5 Å². The lowest BCUT2D eigenvalue weighted by Gasteiger charge is -2.23. The average molecular weight is 403 g/mol. The van der Waals surface area contributed by atoms with E-state index in [0.717, 1.165) is 0 Å². The first-order valence-electron chi connectivity index (χ1n) is 8.08. The number of carbonyl (C=O) groups is 1. The van der Waals surface area contributed by atoms with Crippen LogP contribution in [0.5, 0.6) is 0 Å². The molecule has 2 N–H and O–H groups in total. The largest absolute Gasteiger partial charge is 0.455 e. The zero-order valence-corrected chi connectivity index (χ0v) is 15.8. The number of esters is 1. The Bertz CT molecular complexity index is 804. The van der Waals surface area contributed by atoms with Crippen molar-refractivity contribution in [3.8, 4) is 0 Å². The van der Waals surface area contributed by atoms with E-state index in [1.165, 1.54) is 18.1 Å². The molecule has 1 aliphatic rings. The highest BCUT2D eigenvalue weighted by Gasteiger charge is 2.48. The van der Waals surface area contributed by atoms with Crippen LogP contribution in [0.3, 0.4) is 0 Å². The van der Waals surface area contributed by atoms with Crippen LogP contribution in [0.25, 0.3) is 11.2 Å². The molecule has 0 amide bonds. The van der Waals surface area contributed by atoms with Crippen LogP contribution in [-0.4, -0.2) is 66.9 Å². The van der Waals surface area contributed by atoms with Crippen LogP contribution < -0.4 is 0 Å². The second kappa shape index (κ2) is 8.05. The van der Waals surface area contributed by atoms with E-state index in [4.69, 9.17) is 21.1 Å². The number of hydrogen-bond donors (Lipinski definition) is 2. The van der Waals surface area contributed by atoms with Crippen molar-refractivity contribution in [1.29, 1.82) is 0 Å². The molecule has 3 rings (SSSR count). The Hall–Kier alpha value is -1.46. The molecule has 2 aromatic rings. The molecular weight excluding hydrogens is 384 g/mol. The van der Waals surface area contributed by atoms with Crippen molar-refractivity contribution < 1.29 is 24.5 Å². The summed E-state index contributed by atoms with van der Waals surface area (Å²) in [6, 6.07) is 0. The molecule has 2 aromatic heterocycles. The van der Waals surface area contributed by atoms with Crippen LogP contribution >= 0.6 is 23.4 Å². The van der Waals surface area contributed by atoms with Gasteiger partial charge in [-0.1, -0.05) is 30.3 Å². The summed E-state index contributed by atoms with van der Waals surface area (Å²) in [5.74, 6) is -0.452. The van der Waals surface area contributed by atoms with Gasteiger partial charge in [0.1, 0.15) is 24.1 Å². The Kier molecular flexibility index (Phi) is 5.98. The van der Waals surface area contributed by atoms with E-state index in [1.807, 2.05) is 13.2 Å². The molecule has 1 aliphatic heterocycles. The van der Waals surface area contributed by atoms with E-state index in [2.05, 4.69) is 15.0 Å². The minimum atomic E-state index is -1.18. The number of fused-ring (bicyclic) bond motifs is 1. The van der Waals surface area contributed by atoms with Crippen molar-refractivity contribution in [1.82, 2.24) is 19.5 Å². The maximum absolute atomic E-state index is 12.0. The molecule has 0 spiro atoms. The molecule has 3 heterocycles. The third-order valence-electron chi connectivity index (χ3n) is 4.05. The number of hydrogen-bond acceptors (Lipinski definition) is 9. The molecule has 0 unspecified atom stereocenters. The maximum atomic E-state index is 12.0. The van der Waals surface area contributed by atoms with Crippen LogP contribution in [0.2, 0.25) is 5.15 Å². The molecule has 1 saturated heterocycles. The van der Waals surface area contributed by atoms with Gasteiger partial charge >= 0.3 is 5.97 Å². The van der Waals surface area contributed by atoms with Gasteiger partial charge in [-0.3, -0.25) is 9.36 Å². The Labute approximate surface area is 158 Å². The normalized spacial score (nSPS) is 25.7. The van der Waals surface area contributed by atoms with E-state index < -0.39 is 37.1 Å². The number of carbonyl (C=O) groups excluding carboxylic acids is 1. The Morgan fingerprint density at radius 3 is 2.92 bits per heavy atom. The van der Waals surface area contributed by atoms with Gasteiger partial charge in [-0.05, 0) is 12.7 Å². The van der Waals surface area contributed by atoms with Crippen LogP contribution in [0, 0.1) is 0 Å². The number of aliphatic hydroxyl groups is 2. The Balaban J connectivity index is 2.06. The number of thioether (sulfide) groups is 1. The zero-order chi connectivity index (χ0) is 18.8. The van der Waals surface area contributed by atoms with Crippen molar-refractivity contribution in [2.24, 2.45) is 0 Å². The first-order valence-corrected chi connectivity index (χ1v) is 9.68. The number of halogens is 1. The van der Waals surface area contributed by atoms with Gasteiger partial charge in [-0.2, -0.15) is 0 Å². The molecule has 0 bridgehead atoms. The van der Waals surface area contributed by atoms with Crippen LogP contribution in [0.1, 0.15) is 26.0 Å². The fraction of sp³-hybridized carbons (Fsp3) is 0.600. The molecule has 1 fully saturated rings. The van der Waals surface area contributed by atoms with Crippen LogP contribution in [0.15, 0.2) is 11.5 Å². The standard InChI is InChI=1S/C15H19ClN4O5S/c1-3-4-8(22)25-11-10(23)7(5-21)24-14(11)20-13-9(19-15(20)26-2)12(16)17-6-18-13/h6-7,10-11,14,21,23H,3-5H2,1-2H3/t7-,10-,11-,14-/m1/s1. The number of imidazole rings is 1. The van der Waals surface area contributed by atoms with E-state index in [0.29, 0.717) is 22.7 Å². The lowest BCUT2D eigenvalue weighted by molar-refractivity contribution is -0.158. The predicted molar refractivity (Wildman–Crippen MR) is 93.9 cm³/mol. The van der Waals surface area contributed by atoms with Gasteiger partial charge in [0.05, 0.1) is 6.61 Å². The first kappa shape index (κ1) is 19.3. The Morgan fingerprint density at radius 2 is 2.27 bits per heavy atom. The van der Waals surface area contributed by atoms with Gasteiger partial charge < -0.3 is 19.7 Å². The van der Waals surface area contributed by atoms with Crippen molar-refractivity contribution in [2.45, 2.75) is 49.5 Å². The zero-order valence-electron chi connectivity index (χ0n) is 14.2. The summed E-state index contributed by atoms with van der Waals surface area (Å²) in [4.78, 5) is 24.5. The minimum absolute atomic E-state index is 0.181. The van der Waals surface area contributed by atoms with Crippen LogP contribution in [-0.2, 0) is 14.3 Å². The summed E-state index contributed by atoms with van der Waals surface area (Å²) in [5, 5.41) is 20.6. The highest BCUT2D eigenvalue weighted by molar-refractivity contribution is 7.98. The molecule has 26 heavy (non-hydrogen) atoms. The van der Waals surface area contributed by atoms with Crippen molar-refractivity contribution in [3.05, 3.63) is 11.5 Å². The van der Waals surface area contributed by atoms with E-state index in [-0.39, 0.29) is 11.6 Å². The molecule has 0 radical (unpaired) electrons. The highest BCUT2D eigenvalue weighted by atomic mass is 35.5. The summed E-state index contributed by atoms with van der Waals surface area (Å²) < 4.78 is 12.8. The summed E-state index contributed by atoms with van der Waals surface area (Å²) in [6.45, 7) is 1.43. The van der Waals surface area contributed by atoms with Gasteiger partial charge in [0, 0.05) is 6.42 Å². The first-order chi connectivity index (χ1) is 12.5. The van der Waals surface area contributed by atoms with Crippen molar-refractivity contribution in [3.63, 3.8) is 0 Å². The van der Waals surface area contributed by atoms with E-state index in [9.17, 15) is 15.0 Å². The molecule has 9 nitrogen and oxygen atoms in total. The topological polar surface area (TPSA) is 120 Å². The Morgan fingerprint density at radius 1 is 1.50 bits per heavy atom. The molecule has 11 heteroatoms. The molecule has 0 aliphatic carbocycles. The SMILES string of the molecule is CCCC(=O)O[C@@H]1[C@H](O)[C@@H](CO)O[C@H]1n1c(SC)nc2c(Cl)ncnc21. The van der Waals surface area contributed by atoms with Crippen LogP contribution in [0.4, 0.5) is 0 Å². The van der Waals surface area contributed by atoms with Gasteiger partial charge in [-0.15, -0.1) is 0 Å². The summed E-state index contributed by atoms with van der Waals surface area (Å²) in [5.41, 5.74) is 0.768. The number of ether oxygens (including phenoxy) is 2. The molecular formula is C15H19ClN4O5S. The van der Waals surface area contributed by atoms with E-state index >= 15 is 0 Å². The minimum Gasteiger partial charge on any atom is -0.455 e. The summed E-state index contributed by atoms with van der Waals surface area (Å²) in [7, 11) is 0. The summed E-state index contributed by atoms with van der Waals surface area (Å²) in [6.07, 6.45) is -0.0627. The maximum Gasteiger partial charge on any atom is 0.306 e. The van der Waals surface area contributed by atoms with E-state index in [1.54, 1.807) is 4.57 Å². The monoisotopic (exact) mass is 402 g/mol. The average Bonchev–Trinajstić information content (AvgIpc) is 3.14. The fourth-order valence-electron chi connectivity index (χ4n) is 2.85. The highest BCUT2D eigenvalue weighted by Crippen LogP contribution is 2.37. The molecule has 0 aromatic carbocycles. The quantitative estimate of drug-likeness (QED) is 0.416. The fourth-order valence-corrected chi connectivity index (χ4v) is 3.59. The number of nitrogens with zero attached hydrogens (tertiary/aromatic N) is 4. The number of aliphatic hydroxyl groups excluding tert-OH is 2. The number of rotatable bonds is 6. The van der Waals surface area contributed by atoms with Gasteiger partial charge in [0.2, 0.25) is 0 Å². The lowest BCUT2D eigenvalue weighted by atomic mass is 10.1. The number of aromatic nitrogens is 4. The predicted octanol–water partition coefficient (Wildman–Crippen LogP) is 1.16. The smallest absolute Gasteiger partial charge is 0.306 e. The summed E-state index contributed by atoms with van der Waals surface area (Å²) >= 11 is 7.42. The lowest BCUT2D eigenvalue weighted by Crippen LogP contribution is -2.37. The molecule has 4 atom stereocenters. The second-order valence-corrected chi connectivity index (χ2v) is 6.88. The second-order valence-electron chi connectivity index (χ2n) is 5.75.